The van der Waals surface area contributed by atoms with Gasteiger partial charge in [0.25, 0.3) is 0 Å². The van der Waals surface area contributed by atoms with Gasteiger partial charge in [0.05, 0.1) is 151 Å². The zero-order valence-electron chi connectivity index (χ0n) is 56.4. The molecule has 5 aliphatic heterocycles. The number of anilines is 1. The number of fused-ring (bicyclic) bond motifs is 4. The molecule has 8 aromatic rings. The first-order valence-electron chi connectivity index (χ1n) is 32.9. The van der Waals surface area contributed by atoms with Crippen molar-refractivity contribution in [2.24, 2.45) is 4.99 Å². The number of aliphatic imine (C=N–C) groups is 1. The summed E-state index contributed by atoms with van der Waals surface area (Å²) in [7, 11) is 2.77. The first-order chi connectivity index (χ1) is 47.4. The minimum atomic E-state index is -0.909. The normalized spacial score (nSPS) is 15.9. The number of ketones is 1. The Morgan fingerprint density at radius 1 is 0.541 bits per heavy atom. The molecule has 0 aliphatic carbocycles. The number of halogens is 2. The second-order valence-corrected chi connectivity index (χ2v) is 25.0. The van der Waals surface area contributed by atoms with Gasteiger partial charge < -0.3 is 38.3 Å². The van der Waals surface area contributed by atoms with E-state index in [0.717, 1.165) is 207 Å². The largest absolute Gasteiger partial charge is 0.478 e. The van der Waals surface area contributed by atoms with Crippen LogP contribution in [-0.2, 0) is 65.8 Å². The Morgan fingerprint density at radius 2 is 0.959 bits per heavy atom. The third kappa shape index (κ3) is 22.0. The Morgan fingerprint density at radius 3 is 1.41 bits per heavy atom. The van der Waals surface area contributed by atoms with E-state index in [0.29, 0.717) is 27.8 Å². The highest BCUT2D eigenvalue weighted by atomic mass is 35.5. The van der Waals surface area contributed by atoms with Crippen molar-refractivity contribution in [3.05, 3.63) is 154 Å². The number of carboxylic acid groups (broad SMARTS) is 1. The van der Waals surface area contributed by atoms with E-state index < -0.39 is 23.5 Å². The van der Waals surface area contributed by atoms with E-state index in [-0.39, 0.29) is 29.8 Å². The number of aromatic nitrogens is 6. The number of morpholine rings is 4. The smallest absolute Gasteiger partial charge is 0.412 e. The van der Waals surface area contributed by atoms with Crippen molar-refractivity contribution < 1.29 is 66.6 Å². The van der Waals surface area contributed by atoms with Crippen molar-refractivity contribution in [2.45, 2.75) is 59.0 Å². The molecule has 98 heavy (non-hydrogen) atoms. The summed E-state index contributed by atoms with van der Waals surface area (Å²) >= 11 is 5.55. The van der Waals surface area contributed by atoms with Crippen LogP contribution in [0.25, 0.3) is 32.7 Å². The van der Waals surface area contributed by atoms with E-state index in [9.17, 15) is 28.4 Å². The van der Waals surface area contributed by atoms with Crippen molar-refractivity contribution in [1.29, 1.82) is 0 Å². The van der Waals surface area contributed by atoms with E-state index in [1.807, 2.05) is 50.4 Å². The molecule has 0 spiro atoms. The lowest BCUT2D eigenvalue weighted by molar-refractivity contribution is 0.0361. The summed E-state index contributed by atoms with van der Waals surface area (Å²) in [5, 5.41) is 27.5. The fourth-order valence-electron chi connectivity index (χ4n) is 11.3. The topological polar surface area (TPSA) is 261 Å². The van der Waals surface area contributed by atoms with Gasteiger partial charge in [-0.05, 0) is 116 Å². The van der Waals surface area contributed by atoms with Crippen LogP contribution in [-0.4, -0.2) is 247 Å². The molecular formula is C71H88ClFN12O13. The van der Waals surface area contributed by atoms with Gasteiger partial charge in [-0.3, -0.25) is 48.7 Å². The van der Waals surface area contributed by atoms with Crippen molar-refractivity contribution in [3.63, 3.8) is 0 Å². The molecule has 8 heterocycles. The SMILES string of the molecule is CC(C)(C)OC(=O)Nc1cc(F)ccc1CC(=O)c1ccc2c(cnn2CCN2CCOCC2)c1.COC(=O)c1ccc2c(c1)C=NC2.COC(=O)c1ccc2c(cnn2CCN2CCOCC2)c1.ClCCN1CCOCC1.O=C(O)c1ccc2c(cnn2CCN2CCOCC2)c1. The molecule has 524 valence electrons. The predicted octanol–water partition coefficient (Wildman–Crippen LogP) is 8.46. The standard InChI is InChI=1S/C26H31FN4O4.C15H19N3O3.C14H17N3O3.C10H9NO2.C6H12ClNO/c1-26(2,3)35-25(33)29-22-16-21(27)6-4-18(22)15-24(32)19-5-7-23-20(14-19)17-28-31(23)9-8-30-10-12-34-13-11-30;1-20-15(19)12-2-3-14-13(10-12)11-16-18(14)5-4-17-6-8-21-9-7-17;18-14(19)11-1-2-13-12(9-11)10-15-17(13)4-3-16-5-7-20-8-6-16;1-13-10(12)7-2-3-8-5-11-6-9(8)4-7;7-1-2-8-3-5-9-6-4-8/h4-7,14,16-17H,8-13,15H2,1-3H3,(H,29,33);2-3,10-11H,4-9H2,1H3;1-2,9-10H,3-8H2,(H,18,19);2-4,6H,5H2,1H3;1-6H2. The summed E-state index contributed by atoms with van der Waals surface area (Å²) in [6.07, 6.45) is 6.35. The van der Waals surface area contributed by atoms with Crippen molar-refractivity contribution in [3.8, 4) is 0 Å². The van der Waals surface area contributed by atoms with Crippen LogP contribution in [0.15, 0.2) is 115 Å². The maximum atomic E-state index is 13.9. The fraction of sp³-hybridized carbons (Fsp3) is 0.451. The average Bonchev–Trinajstić information content (AvgIpc) is 1.71. The molecule has 3 aromatic heterocycles. The molecule has 4 saturated heterocycles. The number of amides is 1. The van der Waals surface area contributed by atoms with Gasteiger partial charge >= 0.3 is 24.0 Å². The maximum Gasteiger partial charge on any atom is 0.412 e. The number of alkyl halides is 1. The summed E-state index contributed by atoms with van der Waals surface area (Å²) in [5.74, 6) is -1.46. The molecule has 2 N–H and O–H groups in total. The Balaban J connectivity index is 0.000000154. The lowest BCUT2D eigenvalue weighted by atomic mass is 10.0. The van der Waals surface area contributed by atoms with E-state index >= 15 is 0 Å². The molecule has 0 radical (unpaired) electrons. The van der Waals surface area contributed by atoms with E-state index in [2.05, 4.69) is 49.9 Å². The lowest BCUT2D eigenvalue weighted by Crippen LogP contribution is -2.38. The number of carbonyl (C=O) groups excluding carboxylic acids is 4. The summed E-state index contributed by atoms with van der Waals surface area (Å²) in [6, 6.07) is 25.6. The molecule has 1 amide bonds. The minimum Gasteiger partial charge on any atom is -0.478 e. The zero-order valence-corrected chi connectivity index (χ0v) is 57.1. The summed E-state index contributed by atoms with van der Waals surface area (Å²) in [4.78, 5) is 72.4. The summed E-state index contributed by atoms with van der Waals surface area (Å²) in [5.41, 5.74) is 7.12. The highest BCUT2D eigenvalue weighted by Crippen LogP contribution is 2.25. The summed E-state index contributed by atoms with van der Waals surface area (Å²) in [6.45, 7) is 26.4. The monoisotopic (exact) mass is 1370 g/mol. The highest BCUT2D eigenvalue weighted by molar-refractivity contribution is 6.18. The van der Waals surface area contributed by atoms with Gasteiger partial charge in [-0.1, -0.05) is 12.1 Å². The molecule has 0 atom stereocenters. The Kier molecular flexibility index (Phi) is 27.7. The molecule has 5 aromatic carbocycles. The fourth-order valence-corrected chi connectivity index (χ4v) is 11.6. The molecular weight excluding hydrogens is 1280 g/mol. The van der Waals surface area contributed by atoms with Crippen LogP contribution in [0.4, 0.5) is 14.9 Å². The van der Waals surface area contributed by atoms with E-state index in [1.54, 1.807) is 82.0 Å². The van der Waals surface area contributed by atoms with Crippen LogP contribution in [0.3, 0.4) is 0 Å². The molecule has 13 rings (SSSR count). The Bertz CT molecular complexity index is 3980. The highest BCUT2D eigenvalue weighted by Gasteiger charge is 2.21. The number of hydrogen-bond acceptors (Lipinski definition) is 20. The van der Waals surface area contributed by atoms with Crippen LogP contribution < -0.4 is 5.32 Å². The molecule has 0 saturated carbocycles. The van der Waals surface area contributed by atoms with Crippen molar-refractivity contribution in [1.82, 2.24) is 48.9 Å². The number of carbonyl (C=O) groups is 5. The predicted molar refractivity (Wildman–Crippen MR) is 371 cm³/mol. The van der Waals surface area contributed by atoms with E-state index in [1.165, 1.54) is 32.4 Å². The van der Waals surface area contributed by atoms with Gasteiger partial charge in [-0.2, -0.15) is 15.3 Å². The third-order valence-corrected chi connectivity index (χ3v) is 16.9. The number of esters is 2. The Labute approximate surface area is 574 Å². The first-order valence-corrected chi connectivity index (χ1v) is 33.4. The quantitative estimate of drug-likeness (QED) is 0.0353. The molecule has 0 bridgehead atoms. The number of ether oxygens (including phenoxy) is 7. The number of rotatable bonds is 18. The number of aromatic carboxylic acids is 1. The van der Waals surface area contributed by atoms with Crippen LogP contribution in [0.2, 0.25) is 0 Å². The third-order valence-electron chi connectivity index (χ3n) is 16.7. The molecule has 27 heteroatoms. The van der Waals surface area contributed by atoms with E-state index in [4.69, 9.17) is 45.1 Å². The number of benzene rings is 5. The molecule has 0 unspecified atom stereocenters. The number of nitrogens with one attached hydrogen (secondary N) is 1. The second-order valence-electron chi connectivity index (χ2n) is 24.6. The molecule has 4 fully saturated rings. The van der Waals surface area contributed by atoms with Crippen molar-refractivity contribution >= 4 is 86.0 Å². The first kappa shape index (κ1) is 73.7. The zero-order chi connectivity index (χ0) is 69.4. The van der Waals surface area contributed by atoms with Gasteiger partial charge in [-0.15, -0.1) is 11.6 Å². The van der Waals surface area contributed by atoms with Crippen LogP contribution in [0.1, 0.15) is 78.9 Å². The number of Topliss-reactive ketones (excluding diaryl/α,β-unsaturated/α-hetero) is 1. The lowest BCUT2D eigenvalue weighted by Gasteiger charge is -2.26. The number of carboxylic acids is 1. The van der Waals surface area contributed by atoms with Crippen molar-refractivity contribution in [2.75, 3.05) is 157 Å². The average molecular weight is 1370 g/mol. The van der Waals surface area contributed by atoms with Gasteiger partial charge in [0.15, 0.2) is 5.78 Å². The Hall–Kier alpha value is -8.57. The minimum absolute atomic E-state index is 0.00207. The second kappa shape index (κ2) is 36.9. The van der Waals surface area contributed by atoms with Crippen LogP contribution >= 0.6 is 11.6 Å². The van der Waals surface area contributed by atoms with Crippen LogP contribution in [0, 0.1) is 5.82 Å². The van der Waals surface area contributed by atoms with Gasteiger partial charge in [0.2, 0.25) is 0 Å². The number of methoxy groups -OCH3 is 2. The number of nitrogens with zero attached hydrogens (tertiary/aromatic N) is 11. The van der Waals surface area contributed by atoms with Gasteiger partial charge in [-0.25, -0.2) is 23.6 Å². The van der Waals surface area contributed by atoms with Crippen LogP contribution in [0.5, 0.6) is 0 Å². The molecule has 5 aliphatic rings. The van der Waals surface area contributed by atoms with Gasteiger partial charge in [0.1, 0.15) is 11.4 Å². The maximum absolute atomic E-state index is 13.9. The number of hydrogen-bond donors (Lipinski definition) is 2. The molecule has 25 nitrogen and oxygen atoms in total. The van der Waals surface area contributed by atoms with Gasteiger partial charge in [0, 0.05) is 119 Å². The summed E-state index contributed by atoms with van der Waals surface area (Å²) < 4.78 is 55.5.